The number of alkyl halides is 3. The molecule has 1 saturated carbocycles. The highest BCUT2D eigenvalue weighted by molar-refractivity contribution is 5.67. The molecule has 1 saturated heterocycles. The van der Waals surface area contributed by atoms with Gasteiger partial charge in [0.05, 0.1) is 12.2 Å². The molecule has 3 aromatic heterocycles. The predicted molar refractivity (Wildman–Crippen MR) is 132 cm³/mol. The zero-order valence-corrected chi connectivity index (χ0v) is 20.7. The zero-order chi connectivity index (χ0) is 26.7. The Hall–Kier alpha value is -3.54. The number of nitrogens with zero attached hydrogens (tertiary/aromatic N) is 5. The lowest BCUT2D eigenvalue weighted by atomic mass is 9.85. The second kappa shape index (κ2) is 11.1. The minimum Gasteiger partial charge on any atom is -0.481 e. The third-order valence-corrected chi connectivity index (χ3v) is 7.24. The summed E-state index contributed by atoms with van der Waals surface area (Å²) in [6.45, 7) is 1.66. The Morgan fingerprint density at radius 2 is 1.53 bits per heavy atom. The van der Waals surface area contributed by atoms with Gasteiger partial charge in [-0.3, -0.25) is 9.78 Å². The number of aromatic amines is 1. The number of carbonyl (C=O) groups is 1. The number of piperidine rings is 1. The highest BCUT2D eigenvalue weighted by Gasteiger charge is 2.32. The molecule has 1 aliphatic heterocycles. The standard InChI is InChI=1S/C26H29F3N6O3/c27-26(28,29)21-7-3-17(14-30-21)24-32-25(34-33-24)18-4-8-22(31-15-18)35-11-9-20(10-12-35)38-19-5-1-16(2-6-19)13-23(36)37/h3-4,7-8,14-16,19-20H,1-2,5-6,9-13H2,(H,36,37)(H,32,33,34)/t16-,19-. The van der Waals surface area contributed by atoms with Crippen molar-refractivity contribution in [1.82, 2.24) is 25.1 Å². The van der Waals surface area contributed by atoms with E-state index in [9.17, 15) is 18.0 Å². The minimum absolute atomic E-state index is 0.207. The number of aromatic nitrogens is 5. The molecule has 202 valence electrons. The number of H-pyrrole nitrogens is 1. The molecule has 0 unspecified atom stereocenters. The van der Waals surface area contributed by atoms with Crippen LogP contribution in [0.4, 0.5) is 19.0 Å². The fourth-order valence-electron chi connectivity index (χ4n) is 5.15. The van der Waals surface area contributed by atoms with Gasteiger partial charge in [-0.25, -0.2) is 4.98 Å². The number of hydrogen-bond acceptors (Lipinski definition) is 7. The molecule has 0 amide bonds. The molecule has 0 aromatic carbocycles. The number of carboxylic acid groups (broad SMARTS) is 1. The SMILES string of the molecule is O=C(O)C[C@H]1CC[C@H](OC2CCN(c3ccc(-c4nnc(-c5ccc(C(F)(F)F)nc5)[nH]4)cn3)CC2)CC1. The number of hydrogen-bond donors (Lipinski definition) is 2. The van der Waals surface area contributed by atoms with Crippen LogP contribution in [0.1, 0.15) is 50.6 Å². The van der Waals surface area contributed by atoms with Gasteiger partial charge in [0, 0.05) is 43.0 Å². The lowest BCUT2D eigenvalue weighted by molar-refractivity contribution is -0.141. The van der Waals surface area contributed by atoms with Crippen molar-refractivity contribution < 1.29 is 27.8 Å². The Morgan fingerprint density at radius 1 is 0.921 bits per heavy atom. The highest BCUT2D eigenvalue weighted by Crippen LogP contribution is 2.32. The number of nitrogens with one attached hydrogen (secondary N) is 1. The van der Waals surface area contributed by atoms with Crippen molar-refractivity contribution in [2.45, 2.75) is 63.3 Å². The van der Waals surface area contributed by atoms with Crippen LogP contribution in [-0.2, 0) is 15.7 Å². The van der Waals surface area contributed by atoms with Crippen LogP contribution in [0, 0.1) is 5.92 Å². The van der Waals surface area contributed by atoms with Crippen LogP contribution in [-0.4, -0.2) is 61.5 Å². The van der Waals surface area contributed by atoms with Crippen LogP contribution in [0.2, 0.25) is 0 Å². The quantitative estimate of drug-likeness (QED) is 0.440. The number of ether oxygens (including phenoxy) is 1. The maximum Gasteiger partial charge on any atom is 0.433 e. The molecule has 0 spiro atoms. The van der Waals surface area contributed by atoms with Crippen LogP contribution in [0.15, 0.2) is 36.7 Å². The van der Waals surface area contributed by atoms with E-state index in [1.807, 2.05) is 12.1 Å². The molecule has 3 aromatic rings. The molecule has 2 N–H and O–H groups in total. The van der Waals surface area contributed by atoms with Gasteiger partial charge in [0.15, 0.2) is 11.6 Å². The monoisotopic (exact) mass is 530 g/mol. The van der Waals surface area contributed by atoms with Crippen molar-refractivity contribution in [3.05, 3.63) is 42.4 Å². The average Bonchev–Trinajstić information content (AvgIpc) is 3.40. The van der Waals surface area contributed by atoms with Crippen molar-refractivity contribution >= 4 is 11.8 Å². The first kappa shape index (κ1) is 26.1. The van der Waals surface area contributed by atoms with E-state index in [0.29, 0.717) is 22.8 Å². The minimum atomic E-state index is -4.50. The van der Waals surface area contributed by atoms with Gasteiger partial charge in [-0.1, -0.05) is 0 Å². The fraction of sp³-hybridized carbons (Fsp3) is 0.500. The number of halogens is 3. The van der Waals surface area contributed by atoms with Crippen molar-refractivity contribution in [3.8, 4) is 22.8 Å². The number of pyridine rings is 2. The van der Waals surface area contributed by atoms with Crippen LogP contribution in [0.3, 0.4) is 0 Å². The molecule has 38 heavy (non-hydrogen) atoms. The van der Waals surface area contributed by atoms with Crippen molar-refractivity contribution in [3.63, 3.8) is 0 Å². The van der Waals surface area contributed by atoms with E-state index >= 15 is 0 Å². The van der Waals surface area contributed by atoms with Gasteiger partial charge < -0.3 is 19.7 Å². The molecule has 1 aliphatic carbocycles. The van der Waals surface area contributed by atoms with Gasteiger partial charge in [-0.2, -0.15) is 13.2 Å². The van der Waals surface area contributed by atoms with Crippen LogP contribution in [0.5, 0.6) is 0 Å². The predicted octanol–water partition coefficient (Wildman–Crippen LogP) is 4.97. The summed E-state index contributed by atoms with van der Waals surface area (Å²) in [5.74, 6) is 1.19. The molecular formula is C26H29F3N6O3. The second-order valence-corrected chi connectivity index (χ2v) is 9.92. The van der Waals surface area contributed by atoms with Gasteiger partial charge >= 0.3 is 12.1 Å². The fourth-order valence-corrected chi connectivity index (χ4v) is 5.15. The number of aliphatic carboxylic acids is 1. The maximum absolute atomic E-state index is 12.7. The number of carboxylic acids is 1. The largest absolute Gasteiger partial charge is 0.481 e. The molecule has 0 radical (unpaired) electrons. The average molecular weight is 531 g/mol. The van der Waals surface area contributed by atoms with Gasteiger partial charge in [0.2, 0.25) is 0 Å². The Labute approximate surface area is 217 Å². The second-order valence-electron chi connectivity index (χ2n) is 9.92. The van der Waals surface area contributed by atoms with E-state index in [0.717, 1.165) is 69.7 Å². The van der Waals surface area contributed by atoms with E-state index in [1.54, 1.807) is 6.20 Å². The molecule has 2 fully saturated rings. The molecule has 5 rings (SSSR count). The molecule has 2 aliphatic rings. The normalized spacial score (nSPS) is 21.0. The Kier molecular flexibility index (Phi) is 7.59. The van der Waals surface area contributed by atoms with E-state index in [4.69, 9.17) is 9.84 Å². The third kappa shape index (κ3) is 6.29. The van der Waals surface area contributed by atoms with Gasteiger partial charge in [0.25, 0.3) is 0 Å². The van der Waals surface area contributed by atoms with Crippen molar-refractivity contribution in [2.75, 3.05) is 18.0 Å². The maximum atomic E-state index is 12.7. The lowest BCUT2D eigenvalue weighted by Gasteiger charge is -2.36. The van der Waals surface area contributed by atoms with Gasteiger partial charge in [-0.05, 0) is 68.7 Å². The Morgan fingerprint density at radius 3 is 2.05 bits per heavy atom. The summed E-state index contributed by atoms with van der Waals surface area (Å²) in [4.78, 5) is 24.2. The molecule has 4 heterocycles. The summed E-state index contributed by atoms with van der Waals surface area (Å²) >= 11 is 0. The number of rotatable bonds is 7. The first-order chi connectivity index (χ1) is 18.2. The summed E-state index contributed by atoms with van der Waals surface area (Å²) in [5, 5.41) is 17.1. The molecule has 0 bridgehead atoms. The summed E-state index contributed by atoms with van der Waals surface area (Å²) in [6, 6.07) is 6.02. The molecule has 9 nitrogen and oxygen atoms in total. The van der Waals surface area contributed by atoms with Crippen LogP contribution >= 0.6 is 0 Å². The Balaban J connectivity index is 1.12. The van der Waals surface area contributed by atoms with Gasteiger partial charge in [-0.15, -0.1) is 10.2 Å². The smallest absolute Gasteiger partial charge is 0.433 e. The molecule has 12 heteroatoms. The summed E-state index contributed by atoms with van der Waals surface area (Å²) in [7, 11) is 0. The van der Waals surface area contributed by atoms with E-state index in [-0.39, 0.29) is 24.5 Å². The lowest BCUT2D eigenvalue weighted by Crippen LogP contribution is -2.39. The summed E-state index contributed by atoms with van der Waals surface area (Å²) in [5.41, 5.74) is 0.153. The van der Waals surface area contributed by atoms with Crippen LogP contribution < -0.4 is 4.90 Å². The Bertz CT molecular complexity index is 1220. The van der Waals surface area contributed by atoms with Crippen LogP contribution in [0.25, 0.3) is 22.8 Å². The first-order valence-electron chi connectivity index (χ1n) is 12.8. The highest BCUT2D eigenvalue weighted by atomic mass is 19.4. The molecular weight excluding hydrogens is 501 g/mol. The van der Waals surface area contributed by atoms with E-state index in [1.165, 1.54) is 6.07 Å². The third-order valence-electron chi connectivity index (χ3n) is 7.24. The van der Waals surface area contributed by atoms with E-state index < -0.39 is 17.8 Å². The number of anilines is 1. The first-order valence-corrected chi connectivity index (χ1v) is 12.8. The van der Waals surface area contributed by atoms with E-state index in [2.05, 4.69) is 30.0 Å². The van der Waals surface area contributed by atoms with Gasteiger partial charge in [0.1, 0.15) is 11.5 Å². The molecule has 0 atom stereocenters. The summed E-state index contributed by atoms with van der Waals surface area (Å²) in [6.07, 6.45) is 4.51. The van der Waals surface area contributed by atoms with Crippen molar-refractivity contribution in [2.24, 2.45) is 5.92 Å². The topological polar surface area (TPSA) is 117 Å². The van der Waals surface area contributed by atoms with Crippen molar-refractivity contribution in [1.29, 1.82) is 0 Å². The summed E-state index contributed by atoms with van der Waals surface area (Å²) < 4.78 is 44.6. The zero-order valence-electron chi connectivity index (χ0n) is 20.7.